The van der Waals surface area contributed by atoms with E-state index < -0.39 is 0 Å². The minimum atomic E-state index is 0. The molecular formula is C51H84N2Pd. The summed E-state index contributed by atoms with van der Waals surface area (Å²) in [5.74, 6) is 0. The van der Waals surface area contributed by atoms with Gasteiger partial charge in [0.1, 0.15) is 0 Å². The van der Waals surface area contributed by atoms with E-state index in [1.807, 2.05) is 0 Å². The molecule has 0 heterocycles. The largest absolute Gasteiger partial charge is 0.251 e. The summed E-state index contributed by atoms with van der Waals surface area (Å²) in [7, 11) is 0. The van der Waals surface area contributed by atoms with Crippen molar-refractivity contribution in [1.82, 2.24) is 0 Å². The molecule has 0 N–H and O–H groups in total. The second kappa shape index (κ2) is 36.8. The number of benzene rings is 2. The van der Waals surface area contributed by atoms with Crippen LogP contribution < -0.4 is 0 Å². The van der Waals surface area contributed by atoms with Crippen molar-refractivity contribution in [2.45, 2.75) is 227 Å². The molecule has 0 saturated heterocycles. The standard InChI is InChI=1S/C51H84N2.Pd/c1-5-9-13-16-19-21-23-26-28-31-34-46-38-42-48(43-39-46)52-50(36-12-8-4)51(37-33-30-25-18-15-11-7-3)53-49-44-40-47(41-45-49)35-32-29-27-24-22-20-17-14-10-6-2;/h33,37-45H,5-32,34-36H2,1-4H3;/b37-33+,52-50?,53-51?;. The molecule has 2 nitrogen and oxygen atoms in total. The maximum Gasteiger partial charge on any atom is 0.0848 e. The Hall–Kier alpha value is -1.82. The van der Waals surface area contributed by atoms with Crippen LogP contribution in [-0.2, 0) is 33.3 Å². The molecule has 0 aliphatic carbocycles. The zero-order valence-electron chi connectivity index (χ0n) is 35.9. The van der Waals surface area contributed by atoms with Gasteiger partial charge in [0.05, 0.1) is 22.8 Å². The zero-order chi connectivity index (χ0) is 37.9. The van der Waals surface area contributed by atoms with Crippen molar-refractivity contribution >= 4 is 22.8 Å². The molecule has 0 fully saturated rings. The van der Waals surface area contributed by atoms with E-state index in [-0.39, 0.29) is 20.4 Å². The Kier molecular flexibility index (Phi) is 34.2. The molecule has 0 aromatic heterocycles. The number of nitrogens with zero attached hydrogens (tertiary/aromatic N) is 2. The van der Waals surface area contributed by atoms with E-state index in [0.29, 0.717) is 0 Å². The van der Waals surface area contributed by atoms with Gasteiger partial charge in [0, 0.05) is 20.4 Å². The Morgan fingerprint density at radius 3 is 1.17 bits per heavy atom. The van der Waals surface area contributed by atoms with Gasteiger partial charge >= 0.3 is 0 Å². The number of aryl methyl sites for hydroxylation is 2. The minimum Gasteiger partial charge on any atom is -0.251 e. The van der Waals surface area contributed by atoms with Gasteiger partial charge in [-0.05, 0) is 92.8 Å². The molecule has 0 spiro atoms. The van der Waals surface area contributed by atoms with E-state index in [9.17, 15) is 0 Å². The summed E-state index contributed by atoms with van der Waals surface area (Å²) in [6, 6.07) is 18.1. The summed E-state index contributed by atoms with van der Waals surface area (Å²) in [5.41, 5.74) is 7.11. The Morgan fingerprint density at radius 2 is 0.759 bits per heavy atom. The molecule has 0 amide bonds. The topological polar surface area (TPSA) is 24.7 Å². The van der Waals surface area contributed by atoms with Crippen LogP contribution in [0.4, 0.5) is 11.4 Å². The van der Waals surface area contributed by atoms with Crippen LogP contribution in [0.3, 0.4) is 0 Å². The van der Waals surface area contributed by atoms with E-state index in [1.165, 1.54) is 184 Å². The second-order valence-electron chi connectivity index (χ2n) is 16.0. The van der Waals surface area contributed by atoms with Crippen LogP contribution in [-0.4, -0.2) is 11.4 Å². The molecule has 2 aromatic rings. The van der Waals surface area contributed by atoms with Crippen LogP contribution >= 0.6 is 0 Å². The smallest absolute Gasteiger partial charge is 0.0848 e. The molecule has 3 heteroatoms. The molecule has 0 saturated carbocycles. The molecule has 0 unspecified atom stereocenters. The van der Waals surface area contributed by atoms with Crippen LogP contribution in [0.5, 0.6) is 0 Å². The summed E-state index contributed by atoms with van der Waals surface area (Å²) in [5, 5.41) is 0. The average Bonchev–Trinajstić information content (AvgIpc) is 3.18. The third kappa shape index (κ3) is 26.9. The van der Waals surface area contributed by atoms with Gasteiger partial charge in [-0.15, -0.1) is 0 Å². The van der Waals surface area contributed by atoms with Crippen LogP contribution in [0, 0.1) is 0 Å². The van der Waals surface area contributed by atoms with E-state index in [0.717, 1.165) is 48.5 Å². The van der Waals surface area contributed by atoms with Gasteiger partial charge in [-0.2, -0.15) is 0 Å². The molecular weight excluding hydrogens is 747 g/mol. The first-order valence-corrected chi connectivity index (χ1v) is 23.2. The fourth-order valence-corrected chi connectivity index (χ4v) is 7.25. The van der Waals surface area contributed by atoms with Crippen LogP contribution in [0.15, 0.2) is 70.7 Å². The molecule has 0 radical (unpaired) electrons. The molecule has 308 valence electrons. The quantitative estimate of drug-likeness (QED) is 0.0376. The Balaban J connectivity index is 0.0000146. The normalized spacial score (nSPS) is 12.1. The number of unbranched alkanes of at least 4 members (excludes halogenated alkanes) is 24. The van der Waals surface area contributed by atoms with Gasteiger partial charge in [-0.25, -0.2) is 4.99 Å². The van der Waals surface area contributed by atoms with Crippen molar-refractivity contribution < 1.29 is 20.4 Å². The van der Waals surface area contributed by atoms with E-state index >= 15 is 0 Å². The Morgan fingerprint density at radius 1 is 0.407 bits per heavy atom. The molecule has 0 aliphatic heterocycles. The summed E-state index contributed by atoms with van der Waals surface area (Å²) in [4.78, 5) is 10.5. The van der Waals surface area contributed by atoms with Crippen molar-refractivity contribution in [3.8, 4) is 0 Å². The van der Waals surface area contributed by atoms with Gasteiger partial charge in [-0.3, -0.25) is 4.99 Å². The third-order valence-corrected chi connectivity index (χ3v) is 10.8. The average molecular weight is 832 g/mol. The van der Waals surface area contributed by atoms with Crippen molar-refractivity contribution in [2.24, 2.45) is 9.98 Å². The molecule has 0 aliphatic rings. The zero-order valence-corrected chi connectivity index (χ0v) is 37.5. The van der Waals surface area contributed by atoms with Gasteiger partial charge < -0.3 is 0 Å². The maximum atomic E-state index is 5.27. The Labute approximate surface area is 350 Å². The molecule has 2 aromatic carbocycles. The van der Waals surface area contributed by atoms with Crippen molar-refractivity contribution in [1.29, 1.82) is 0 Å². The number of hydrogen-bond donors (Lipinski definition) is 0. The number of rotatable bonds is 35. The predicted molar refractivity (Wildman–Crippen MR) is 240 cm³/mol. The summed E-state index contributed by atoms with van der Waals surface area (Å²) < 4.78 is 0. The van der Waals surface area contributed by atoms with Gasteiger partial charge in [0.2, 0.25) is 0 Å². The van der Waals surface area contributed by atoms with Crippen molar-refractivity contribution in [3.63, 3.8) is 0 Å². The van der Waals surface area contributed by atoms with Crippen molar-refractivity contribution in [2.75, 3.05) is 0 Å². The predicted octanol–water partition coefficient (Wildman–Crippen LogP) is 17.6. The number of aliphatic imine (C=N–C) groups is 2. The Bertz CT molecular complexity index is 1190. The summed E-state index contributed by atoms with van der Waals surface area (Å²) in [6.45, 7) is 9.16. The van der Waals surface area contributed by atoms with E-state index in [2.05, 4.69) is 88.4 Å². The summed E-state index contributed by atoms with van der Waals surface area (Å²) in [6.07, 6.45) is 45.6. The van der Waals surface area contributed by atoms with Gasteiger partial charge in [0.15, 0.2) is 0 Å². The second-order valence-corrected chi connectivity index (χ2v) is 16.0. The molecule has 0 bridgehead atoms. The number of allylic oxidation sites excluding steroid dienone is 2. The molecule has 0 atom stereocenters. The van der Waals surface area contributed by atoms with Gasteiger partial charge in [-0.1, -0.05) is 206 Å². The first-order valence-electron chi connectivity index (χ1n) is 23.2. The van der Waals surface area contributed by atoms with Crippen molar-refractivity contribution in [3.05, 3.63) is 71.8 Å². The maximum absolute atomic E-state index is 5.27. The summed E-state index contributed by atoms with van der Waals surface area (Å²) >= 11 is 0. The SMILES string of the molecule is CCCCCCC/C=C/C(=Nc1ccc(CCCCCCCCCCCC)cc1)C(CCCC)=Nc1ccc(CCCCCCCCCCCC)cc1.[Pd]. The fraction of sp³-hybridized carbons (Fsp3) is 0.686. The fourth-order valence-electron chi connectivity index (χ4n) is 7.25. The first kappa shape index (κ1) is 50.2. The van der Waals surface area contributed by atoms with E-state index in [1.54, 1.807) is 0 Å². The van der Waals surface area contributed by atoms with Gasteiger partial charge in [0.25, 0.3) is 0 Å². The minimum absolute atomic E-state index is 0. The monoisotopic (exact) mass is 831 g/mol. The van der Waals surface area contributed by atoms with Crippen LogP contribution in [0.1, 0.15) is 225 Å². The number of hydrogen-bond acceptors (Lipinski definition) is 2. The molecule has 54 heavy (non-hydrogen) atoms. The van der Waals surface area contributed by atoms with Crippen LogP contribution in [0.2, 0.25) is 0 Å². The van der Waals surface area contributed by atoms with E-state index in [4.69, 9.17) is 9.98 Å². The third-order valence-electron chi connectivity index (χ3n) is 10.8. The van der Waals surface area contributed by atoms with Crippen LogP contribution in [0.25, 0.3) is 0 Å². The first-order chi connectivity index (χ1) is 26.2. The molecule has 2 rings (SSSR count).